The molecule has 0 unspecified atom stereocenters. The highest BCUT2D eigenvalue weighted by molar-refractivity contribution is 9.10. The predicted molar refractivity (Wildman–Crippen MR) is 103 cm³/mol. The molecule has 0 saturated heterocycles. The number of amides is 1. The fourth-order valence-corrected chi connectivity index (χ4v) is 2.86. The standard InChI is InChI=1S/C18H15BrF2N2O5/c1-10-3-5-13(12(19)7-10)22-17(24)6-4-11-8-15(27-2)16(28-18(20)21)9-14(11)23(25)26/h3-9,18H,1-2H3,(H,22,24)/b6-4+. The maximum Gasteiger partial charge on any atom is 0.387 e. The normalized spacial score (nSPS) is 10.9. The molecule has 0 aliphatic rings. The van der Waals surface area contributed by atoms with Crippen molar-refractivity contribution in [2.75, 3.05) is 12.4 Å². The van der Waals surface area contributed by atoms with Crippen LogP contribution in [-0.4, -0.2) is 24.6 Å². The quantitative estimate of drug-likeness (QED) is 0.362. The Bertz CT molecular complexity index is 934. The van der Waals surface area contributed by atoms with E-state index >= 15 is 0 Å². The number of methoxy groups -OCH3 is 1. The third-order valence-electron chi connectivity index (χ3n) is 3.52. The summed E-state index contributed by atoms with van der Waals surface area (Å²) in [7, 11) is 1.20. The number of ether oxygens (including phenoxy) is 2. The maximum absolute atomic E-state index is 12.5. The van der Waals surface area contributed by atoms with Crippen molar-refractivity contribution in [3.05, 3.63) is 62.1 Å². The third kappa shape index (κ3) is 5.49. The minimum absolute atomic E-state index is 0.0124. The van der Waals surface area contributed by atoms with E-state index in [0.29, 0.717) is 10.2 Å². The molecule has 1 N–H and O–H groups in total. The minimum atomic E-state index is -3.17. The van der Waals surface area contributed by atoms with Crippen LogP contribution in [0.2, 0.25) is 0 Å². The second-order valence-corrected chi connectivity index (χ2v) is 6.36. The van der Waals surface area contributed by atoms with E-state index in [1.54, 1.807) is 6.07 Å². The van der Waals surface area contributed by atoms with Crippen molar-refractivity contribution in [1.29, 1.82) is 0 Å². The highest BCUT2D eigenvalue weighted by Gasteiger charge is 2.20. The molecule has 0 atom stereocenters. The molecule has 0 aliphatic heterocycles. The number of carbonyl (C=O) groups is 1. The Labute approximate surface area is 167 Å². The van der Waals surface area contributed by atoms with Gasteiger partial charge in [0.05, 0.1) is 29.4 Å². The molecular formula is C18H15BrF2N2O5. The molecule has 0 radical (unpaired) electrons. The van der Waals surface area contributed by atoms with Gasteiger partial charge in [0, 0.05) is 10.5 Å². The Kier molecular flexibility index (Phi) is 7.05. The summed E-state index contributed by atoms with van der Waals surface area (Å²) in [5, 5.41) is 13.9. The van der Waals surface area contributed by atoms with Gasteiger partial charge < -0.3 is 14.8 Å². The van der Waals surface area contributed by atoms with E-state index in [0.717, 1.165) is 23.8 Å². The fourth-order valence-electron chi connectivity index (χ4n) is 2.27. The number of nitrogens with zero attached hydrogens (tertiary/aromatic N) is 1. The number of nitro benzene ring substituents is 1. The first kappa shape index (κ1) is 21.3. The molecule has 1 amide bonds. The Morgan fingerprint density at radius 3 is 2.57 bits per heavy atom. The SMILES string of the molecule is COc1cc(/C=C/C(=O)Nc2ccc(C)cc2Br)c([N+](=O)[O-])cc1OC(F)F. The zero-order valence-electron chi connectivity index (χ0n) is 14.7. The zero-order chi connectivity index (χ0) is 20.8. The molecule has 2 rings (SSSR count). The highest BCUT2D eigenvalue weighted by Crippen LogP contribution is 2.36. The van der Waals surface area contributed by atoms with Gasteiger partial charge in [0.1, 0.15) is 0 Å². The second kappa shape index (κ2) is 9.27. The molecule has 2 aromatic rings. The van der Waals surface area contributed by atoms with Crippen molar-refractivity contribution in [1.82, 2.24) is 0 Å². The highest BCUT2D eigenvalue weighted by atomic mass is 79.9. The Morgan fingerprint density at radius 1 is 1.29 bits per heavy atom. The number of rotatable bonds is 7. The summed E-state index contributed by atoms with van der Waals surface area (Å²) in [4.78, 5) is 22.6. The number of carbonyl (C=O) groups excluding carboxylic acids is 1. The molecule has 0 spiro atoms. The first-order chi connectivity index (χ1) is 13.2. The summed E-state index contributed by atoms with van der Waals surface area (Å²) in [5.74, 6) is -1.15. The van der Waals surface area contributed by atoms with E-state index in [1.165, 1.54) is 13.2 Å². The van der Waals surface area contributed by atoms with Gasteiger partial charge in [-0.05, 0) is 52.7 Å². The number of nitro groups is 1. The van der Waals surface area contributed by atoms with Crippen LogP contribution in [0, 0.1) is 17.0 Å². The molecular weight excluding hydrogens is 442 g/mol. The first-order valence-electron chi connectivity index (χ1n) is 7.77. The van der Waals surface area contributed by atoms with Crippen molar-refractivity contribution < 1.29 is 28.0 Å². The van der Waals surface area contributed by atoms with Crippen LogP contribution in [0.3, 0.4) is 0 Å². The van der Waals surface area contributed by atoms with Crippen molar-refractivity contribution in [3.63, 3.8) is 0 Å². The molecule has 0 heterocycles. The lowest BCUT2D eigenvalue weighted by molar-refractivity contribution is -0.385. The summed E-state index contributed by atoms with van der Waals surface area (Å²) >= 11 is 3.33. The van der Waals surface area contributed by atoms with Gasteiger partial charge in [-0.1, -0.05) is 6.07 Å². The van der Waals surface area contributed by atoms with Gasteiger partial charge in [0.2, 0.25) is 5.91 Å². The molecule has 0 bridgehead atoms. The lowest BCUT2D eigenvalue weighted by Crippen LogP contribution is -2.08. The molecule has 0 aliphatic carbocycles. The van der Waals surface area contributed by atoms with Crippen LogP contribution in [-0.2, 0) is 4.79 Å². The zero-order valence-corrected chi connectivity index (χ0v) is 16.3. The average Bonchev–Trinajstić information content (AvgIpc) is 2.62. The second-order valence-electron chi connectivity index (χ2n) is 5.50. The fraction of sp³-hybridized carbons (Fsp3) is 0.167. The lowest BCUT2D eigenvalue weighted by atomic mass is 10.1. The number of anilines is 1. The van der Waals surface area contributed by atoms with Crippen LogP contribution in [0.5, 0.6) is 11.5 Å². The van der Waals surface area contributed by atoms with Crippen molar-refractivity contribution >= 4 is 39.3 Å². The smallest absolute Gasteiger partial charge is 0.387 e. The molecule has 2 aromatic carbocycles. The van der Waals surface area contributed by atoms with E-state index in [4.69, 9.17) is 4.74 Å². The molecule has 0 saturated carbocycles. The summed E-state index contributed by atoms with van der Waals surface area (Å²) in [5.41, 5.74) is 0.987. The Morgan fingerprint density at radius 2 is 2.00 bits per heavy atom. The maximum atomic E-state index is 12.5. The van der Waals surface area contributed by atoms with E-state index in [9.17, 15) is 23.7 Å². The number of hydrogen-bond acceptors (Lipinski definition) is 5. The van der Waals surface area contributed by atoms with Crippen molar-refractivity contribution in [2.45, 2.75) is 13.5 Å². The van der Waals surface area contributed by atoms with Gasteiger partial charge in [0.15, 0.2) is 11.5 Å². The van der Waals surface area contributed by atoms with Gasteiger partial charge in [-0.25, -0.2) is 0 Å². The van der Waals surface area contributed by atoms with Gasteiger partial charge in [-0.3, -0.25) is 14.9 Å². The molecule has 0 fully saturated rings. The van der Waals surface area contributed by atoms with Crippen molar-refractivity contribution in [2.24, 2.45) is 0 Å². The number of halogens is 3. The third-order valence-corrected chi connectivity index (χ3v) is 4.18. The molecule has 10 heteroatoms. The van der Waals surface area contributed by atoms with E-state index in [2.05, 4.69) is 26.0 Å². The predicted octanol–water partition coefficient (Wildman–Crippen LogP) is 4.93. The van der Waals surface area contributed by atoms with E-state index in [1.807, 2.05) is 19.1 Å². The van der Waals surface area contributed by atoms with Crippen LogP contribution in [0.15, 0.2) is 40.9 Å². The number of aryl methyl sites for hydroxylation is 1. The summed E-state index contributed by atoms with van der Waals surface area (Å²) in [6.45, 7) is -1.28. The van der Waals surface area contributed by atoms with Crippen LogP contribution >= 0.6 is 15.9 Å². The number of benzene rings is 2. The van der Waals surface area contributed by atoms with Crippen LogP contribution in [0.25, 0.3) is 6.08 Å². The van der Waals surface area contributed by atoms with Gasteiger partial charge in [0.25, 0.3) is 5.69 Å². The number of hydrogen-bond donors (Lipinski definition) is 1. The summed E-state index contributed by atoms with van der Waals surface area (Å²) in [6, 6.07) is 7.28. The first-order valence-corrected chi connectivity index (χ1v) is 8.57. The summed E-state index contributed by atoms with van der Waals surface area (Å²) in [6.07, 6.45) is 2.27. The molecule has 0 aromatic heterocycles. The minimum Gasteiger partial charge on any atom is -0.493 e. The van der Waals surface area contributed by atoms with Gasteiger partial charge in [-0.2, -0.15) is 8.78 Å². The molecule has 28 heavy (non-hydrogen) atoms. The number of nitrogens with one attached hydrogen (secondary N) is 1. The van der Waals surface area contributed by atoms with Gasteiger partial charge >= 0.3 is 6.61 Å². The monoisotopic (exact) mass is 456 g/mol. The lowest BCUT2D eigenvalue weighted by Gasteiger charge is -2.11. The van der Waals surface area contributed by atoms with Crippen molar-refractivity contribution in [3.8, 4) is 11.5 Å². The van der Waals surface area contributed by atoms with Gasteiger partial charge in [-0.15, -0.1) is 0 Å². The number of alkyl halides is 2. The average molecular weight is 457 g/mol. The van der Waals surface area contributed by atoms with E-state index in [-0.39, 0.29) is 11.3 Å². The Balaban J connectivity index is 2.30. The van der Waals surface area contributed by atoms with Crippen LogP contribution in [0.4, 0.5) is 20.2 Å². The van der Waals surface area contributed by atoms with Crippen LogP contribution in [0.1, 0.15) is 11.1 Å². The van der Waals surface area contributed by atoms with E-state index < -0.39 is 28.9 Å². The Hall–Kier alpha value is -3.01. The topological polar surface area (TPSA) is 90.7 Å². The summed E-state index contributed by atoms with van der Waals surface area (Å²) < 4.78 is 34.8. The van der Waals surface area contributed by atoms with Crippen LogP contribution < -0.4 is 14.8 Å². The largest absolute Gasteiger partial charge is 0.493 e. The molecule has 7 nitrogen and oxygen atoms in total. The molecule has 148 valence electrons.